The average Bonchev–Trinajstić information content (AvgIpc) is 2.50. The summed E-state index contributed by atoms with van der Waals surface area (Å²) >= 11 is 0. The molecular formula is C13H25N7O. The van der Waals surface area contributed by atoms with Crippen LogP contribution in [0.15, 0.2) is 0 Å². The van der Waals surface area contributed by atoms with Gasteiger partial charge >= 0.3 is 6.01 Å². The van der Waals surface area contributed by atoms with E-state index >= 15 is 0 Å². The van der Waals surface area contributed by atoms with Gasteiger partial charge in [-0.2, -0.15) is 15.0 Å². The van der Waals surface area contributed by atoms with Crippen molar-refractivity contribution in [2.45, 2.75) is 32.8 Å². The molecule has 0 aliphatic carbocycles. The van der Waals surface area contributed by atoms with Gasteiger partial charge in [-0.3, -0.25) is 5.43 Å². The number of piperidine rings is 1. The first-order chi connectivity index (χ1) is 10.2. The predicted molar refractivity (Wildman–Crippen MR) is 82.3 cm³/mol. The number of likely N-dealkylation sites (tertiary alicyclic amines) is 1. The lowest BCUT2D eigenvalue weighted by atomic mass is 10.1. The minimum absolute atomic E-state index is 0.152. The summed E-state index contributed by atoms with van der Waals surface area (Å²) in [5.74, 6) is 6.36. The zero-order valence-corrected chi connectivity index (χ0v) is 13.0. The number of anilines is 2. The van der Waals surface area contributed by atoms with Gasteiger partial charge in [0, 0.05) is 26.2 Å². The van der Waals surface area contributed by atoms with Gasteiger partial charge in [0.1, 0.15) is 6.10 Å². The van der Waals surface area contributed by atoms with Crippen LogP contribution in [0.2, 0.25) is 0 Å². The lowest BCUT2D eigenvalue weighted by molar-refractivity contribution is 0.105. The number of nitrogen functional groups attached to an aromatic ring is 1. The van der Waals surface area contributed by atoms with Gasteiger partial charge in [-0.1, -0.05) is 0 Å². The largest absolute Gasteiger partial charge is 0.460 e. The standard InChI is InChI=1S/C13H25N7O/c1-4-20(5-2)12-15-11(18-14)16-13(17-12)21-10-6-8-19(3)9-7-10/h10H,4-9,14H2,1-3H3,(H,15,16,17,18). The highest BCUT2D eigenvalue weighted by Gasteiger charge is 2.20. The maximum absolute atomic E-state index is 5.91. The molecule has 118 valence electrons. The molecule has 0 aromatic carbocycles. The van der Waals surface area contributed by atoms with Crippen LogP contribution in [-0.2, 0) is 0 Å². The lowest BCUT2D eigenvalue weighted by Gasteiger charge is -2.28. The fourth-order valence-corrected chi connectivity index (χ4v) is 2.36. The molecule has 2 heterocycles. The second-order valence-electron chi connectivity index (χ2n) is 5.18. The normalized spacial score (nSPS) is 16.8. The fourth-order valence-electron chi connectivity index (χ4n) is 2.36. The van der Waals surface area contributed by atoms with Gasteiger partial charge in [-0.25, -0.2) is 5.84 Å². The van der Waals surface area contributed by atoms with Crippen LogP contribution >= 0.6 is 0 Å². The Morgan fingerprint density at radius 1 is 1.24 bits per heavy atom. The van der Waals surface area contributed by atoms with Crippen molar-refractivity contribution in [3.05, 3.63) is 0 Å². The molecule has 1 fully saturated rings. The molecule has 0 atom stereocenters. The molecule has 0 saturated carbocycles. The minimum atomic E-state index is 0.152. The van der Waals surface area contributed by atoms with E-state index in [0.29, 0.717) is 17.9 Å². The highest BCUT2D eigenvalue weighted by atomic mass is 16.5. The van der Waals surface area contributed by atoms with Crippen molar-refractivity contribution in [3.63, 3.8) is 0 Å². The smallest absolute Gasteiger partial charge is 0.323 e. The first-order valence-corrected chi connectivity index (χ1v) is 7.49. The third-order valence-electron chi connectivity index (χ3n) is 3.72. The topological polar surface area (TPSA) is 92.4 Å². The third kappa shape index (κ3) is 4.15. The summed E-state index contributed by atoms with van der Waals surface area (Å²) in [4.78, 5) is 17.2. The molecule has 1 aliphatic heterocycles. The molecule has 0 amide bonds. The zero-order valence-electron chi connectivity index (χ0n) is 13.0. The SMILES string of the molecule is CCN(CC)c1nc(NN)nc(OC2CCN(C)CC2)n1. The van der Waals surface area contributed by atoms with E-state index in [0.717, 1.165) is 39.0 Å². The number of hydrogen-bond acceptors (Lipinski definition) is 8. The maximum Gasteiger partial charge on any atom is 0.323 e. The number of nitrogens with one attached hydrogen (secondary N) is 1. The van der Waals surface area contributed by atoms with Crippen LogP contribution in [0.1, 0.15) is 26.7 Å². The summed E-state index contributed by atoms with van der Waals surface area (Å²) < 4.78 is 5.91. The van der Waals surface area contributed by atoms with E-state index in [-0.39, 0.29) is 6.10 Å². The molecule has 1 saturated heterocycles. The molecular weight excluding hydrogens is 270 g/mol. The Balaban J connectivity index is 2.12. The Hall–Kier alpha value is -1.67. The van der Waals surface area contributed by atoms with Crippen molar-refractivity contribution < 1.29 is 4.74 Å². The summed E-state index contributed by atoms with van der Waals surface area (Å²) in [6, 6.07) is 0.342. The van der Waals surface area contributed by atoms with Crippen molar-refractivity contribution in [1.29, 1.82) is 0 Å². The van der Waals surface area contributed by atoms with E-state index in [1.54, 1.807) is 0 Å². The van der Waals surface area contributed by atoms with Crippen molar-refractivity contribution in [2.75, 3.05) is 43.6 Å². The van der Waals surface area contributed by atoms with Gasteiger partial charge in [0.2, 0.25) is 11.9 Å². The number of rotatable bonds is 6. The van der Waals surface area contributed by atoms with Gasteiger partial charge in [-0.15, -0.1) is 0 Å². The van der Waals surface area contributed by atoms with Crippen LogP contribution in [0.5, 0.6) is 6.01 Å². The first kappa shape index (κ1) is 15.7. The Morgan fingerprint density at radius 3 is 2.48 bits per heavy atom. The summed E-state index contributed by atoms with van der Waals surface area (Å²) in [6.07, 6.45) is 2.11. The van der Waals surface area contributed by atoms with E-state index in [2.05, 4.69) is 46.2 Å². The quantitative estimate of drug-likeness (QED) is 0.578. The van der Waals surface area contributed by atoms with Crippen molar-refractivity contribution >= 4 is 11.9 Å². The third-order valence-corrected chi connectivity index (χ3v) is 3.72. The van der Waals surface area contributed by atoms with Crippen LogP contribution < -0.4 is 20.9 Å². The van der Waals surface area contributed by atoms with E-state index in [4.69, 9.17) is 10.6 Å². The van der Waals surface area contributed by atoms with Crippen molar-refractivity contribution in [3.8, 4) is 6.01 Å². The molecule has 21 heavy (non-hydrogen) atoms. The highest BCUT2D eigenvalue weighted by Crippen LogP contribution is 2.19. The van der Waals surface area contributed by atoms with Crippen LogP contribution in [0, 0.1) is 0 Å². The van der Waals surface area contributed by atoms with Gasteiger partial charge < -0.3 is 14.5 Å². The lowest BCUT2D eigenvalue weighted by Crippen LogP contribution is -2.36. The Kier molecular flexibility index (Phi) is 5.51. The van der Waals surface area contributed by atoms with E-state index in [1.807, 2.05) is 4.90 Å². The Bertz CT molecular complexity index is 444. The van der Waals surface area contributed by atoms with Gasteiger partial charge in [0.05, 0.1) is 0 Å². The Morgan fingerprint density at radius 2 is 1.90 bits per heavy atom. The van der Waals surface area contributed by atoms with Gasteiger partial charge in [0.15, 0.2) is 0 Å². The summed E-state index contributed by atoms with van der Waals surface area (Å²) in [6.45, 7) is 7.80. The summed E-state index contributed by atoms with van der Waals surface area (Å²) in [5, 5.41) is 0. The number of ether oxygens (including phenoxy) is 1. The van der Waals surface area contributed by atoms with Gasteiger partial charge in [0.25, 0.3) is 0 Å². The number of nitrogens with zero attached hydrogens (tertiary/aromatic N) is 5. The van der Waals surface area contributed by atoms with E-state index in [1.165, 1.54) is 0 Å². The maximum atomic E-state index is 5.91. The van der Waals surface area contributed by atoms with Gasteiger partial charge in [-0.05, 0) is 33.7 Å². The van der Waals surface area contributed by atoms with Crippen molar-refractivity contribution in [2.24, 2.45) is 5.84 Å². The molecule has 1 aromatic rings. The summed E-state index contributed by atoms with van der Waals surface area (Å²) in [5.41, 5.74) is 2.48. The molecule has 2 rings (SSSR count). The van der Waals surface area contributed by atoms with Crippen LogP contribution in [0.3, 0.4) is 0 Å². The highest BCUT2D eigenvalue weighted by molar-refractivity contribution is 5.37. The van der Waals surface area contributed by atoms with E-state index in [9.17, 15) is 0 Å². The number of hydrogen-bond donors (Lipinski definition) is 2. The number of hydrazine groups is 1. The monoisotopic (exact) mass is 295 g/mol. The van der Waals surface area contributed by atoms with Crippen LogP contribution in [0.4, 0.5) is 11.9 Å². The second kappa shape index (κ2) is 7.37. The molecule has 8 nitrogen and oxygen atoms in total. The molecule has 8 heteroatoms. The summed E-state index contributed by atoms with van der Waals surface area (Å²) in [7, 11) is 2.12. The molecule has 0 bridgehead atoms. The molecule has 1 aromatic heterocycles. The molecule has 0 unspecified atom stereocenters. The first-order valence-electron chi connectivity index (χ1n) is 7.49. The number of aromatic nitrogens is 3. The zero-order chi connectivity index (χ0) is 15.2. The fraction of sp³-hybridized carbons (Fsp3) is 0.769. The van der Waals surface area contributed by atoms with E-state index < -0.39 is 0 Å². The minimum Gasteiger partial charge on any atom is -0.460 e. The molecule has 0 radical (unpaired) electrons. The van der Waals surface area contributed by atoms with Crippen molar-refractivity contribution in [1.82, 2.24) is 19.9 Å². The second-order valence-corrected chi connectivity index (χ2v) is 5.18. The predicted octanol–water partition coefficient (Wildman–Crippen LogP) is 0.476. The molecule has 0 spiro atoms. The molecule has 1 aliphatic rings. The Labute approximate surface area is 125 Å². The van der Waals surface area contributed by atoms with Crippen LogP contribution in [0.25, 0.3) is 0 Å². The average molecular weight is 295 g/mol. The number of nitrogens with two attached hydrogens (primary N) is 1. The van der Waals surface area contributed by atoms with Crippen LogP contribution in [-0.4, -0.2) is 59.2 Å². The molecule has 3 N–H and O–H groups in total.